The van der Waals surface area contributed by atoms with Gasteiger partial charge in [-0.1, -0.05) is 25.5 Å². The molecule has 7 amide bonds. The van der Waals surface area contributed by atoms with E-state index in [1.165, 1.54) is 6.92 Å². The second kappa shape index (κ2) is 27.1. The van der Waals surface area contributed by atoms with Crippen LogP contribution in [0.15, 0.2) is 53.9 Å². The number of rotatable bonds is 26. The number of hydrogen-bond donors (Lipinski definition) is 7. The molecule has 19 heteroatoms. The highest BCUT2D eigenvalue weighted by Crippen LogP contribution is 2.10. The number of aromatic nitrogens is 2. The van der Waals surface area contributed by atoms with Crippen molar-refractivity contribution in [2.24, 2.45) is 5.10 Å². The number of hydroxylamine groups is 6. The van der Waals surface area contributed by atoms with Gasteiger partial charge >= 0.3 is 6.03 Å². The van der Waals surface area contributed by atoms with Crippen molar-refractivity contribution >= 4 is 41.3 Å². The molecule has 2 heterocycles. The fourth-order valence-electron chi connectivity index (χ4n) is 5.09. The molecule has 2 aromatic rings. The van der Waals surface area contributed by atoms with Crippen molar-refractivity contribution in [3.8, 4) is 0 Å². The Labute approximate surface area is 326 Å². The molecule has 0 bridgehead atoms. The summed E-state index contributed by atoms with van der Waals surface area (Å²) in [5.41, 5.74) is 3.93. The molecule has 2 rings (SSSR count). The van der Waals surface area contributed by atoms with Gasteiger partial charge in [-0.2, -0.15) is 5.10 Å². The van der Waals surface area contributed by atoms with Crippen LogP contribution < -0.4 is 21.4 Å². The highest BCUT2D eigenvalue weighted by molar-refractivity contribution is 6.10. The fraction of sp³-hybridized carbons (Fsp3) is 0.541. The normalized spacial score (nSPS) is 11.1. The van der Waals surface area contributed by atoms with E-state index in [0.29, 0.717) is 90.3 Å². The van der Waals surface area contributed by atoms with E-state index in [4.69, 9.17) is 0 Å². The van der Waals surface area contributed by atoms with Crippen LogP contribution >= 0.6 is 0 Å². The first-order valence-electron chi connectivity index (χ1n) is 18.9. The van der Waals surface area contributed by atoms with Crippen LogP contribution in [-0.4, -0.2) is 114 Å². The topological polar surface area (TPSA) is 259 Å². The third kappa shape index (κ3) is 19.2. The van der Waals surface area contributed by atoms with E-state index in [9.17, 15) is 44.4 Å². The highest BCUT2D eigenvalue weighted by Gasteiger charge is 2.24. The molecule has 2 aromatic heterocycles. The molecule has 19 nitrogen and oxygen atoms in total. The van der Waals surface area contributed by atoms with E-state index in [0.717, 1.165) is 6.42 Å². The molecule has 0 aromatic carbocycles. The maximum absolute atomic E-state index is 12.7. The number of pyridine rings is 2. The summed E-state index contributed by atoms with van der Waals surface area (Å²) in [4.78, 5) is 81.8. The van der Waals surface area contributed by atoms with E-state index in [2.05, 4.69) is 36.4 Å². The molecule has 0 fully saturated rings. The average molecular weight is 785 g/mol. The first-order chi connectivity index (χ1) is 26.9. The average Bonchev–Trinajstić information content (AvgIpc) is 3.20. The van der Waals surface area contributed by atoms with Gasteiger partial charge in [0.15, 0.2) is 0 Å². The zero-order valence-corrected chi connectivity index (χ0v) is 32.2. The lowest BCUT2D eigenvalue weighted by atomic mass is 10.1. The minimum Gasteiger partial charge on any atom is -0.356 e. The van der Waals surface area contributed by atoms with Crippen molar-refractivity contribution in [1.29, 1.82) is 0 Å². The molecular formula is C37H56N10O9. The second-order valence-corrected chi connectivity index (χ2v) is 12.9. The van der Waals surface area contributed by atoms with Crippen molar-refractivity contribution < 1.29 is 44.4 Å². The summed E-state index contributed by atoms with van der Waals surface area (Å²) in [5, 5.41) is 43.8. The number of amides is 7. The van der Waals surface area contributed by atoms with Gasteiger partial charge in [0.1, 0.15) is 11.9 Å². The lowest BCUT2D eigenvalue weighted by molar-refractivity contribution is -0.181. The summed E-state index contributed by atoms with van der Waals surface area (Å²) >= 11 is 0. The number of nitrogens with one attached hydrogen (secondary N) is 4. The van der Waals surface area contributed by atoms with Crippen LogP contribution in [-0.2, 0) is 24.0 Å². The molecule has 0 aliphatic carbocycles. The van der Waals surface area contributed by atoms with Crippen molar-refractivity contribution in [2.75, 3.05) is 26.2 Å². The number of carbonyl (C=O) groups excluding carboxylic acids is 6. The minimum atomic E-state index is -1.06. The standard InChI is InChI=1S/C37H56N10O9/c1-3-4-17-31(47(56)35(52)21-18-32(49)40-24-9-5-13-26-45(54)28(2)48)42-33(50)19-20-34(51)46(55)27-14-6-10-25-41-37(53)44-43-36(29-15-7-11-22-38-29)30-16-8-12-23-39-30/h7-8,11-12,15-16,22-23,31,54-56H,3-6,9-10,13-14,17-21,24-27H2,1-2H3,(H,40,49)(H,42,50)(H2,41,44,53). The zero-order valence-electron chi connectivity index (χ0n) is 32.2. The molecule has 1 unspecified atom stereocenters. The highest BCUT2D eigenvalue weighted by atomic mass is 16.5. The Morgan fingerprint density at radius 3 is 1.84 bits per heavy atom. The van der Waals surface area contributed by atoms with Gasteiger partial charge in [-0.05, 0) is 75.6 Å². The maximum Gasteiger partial charge on any atom is 0.335 e. The fourth-order valence-corrected chi connectivity index (χ4v) is 5.09. The Bertz CT molecular complexity index is 1510. The molecule has 0 aliphatic heterocycles. The van der Waals surface area contributed by atoms with Gasteiger partial charge in [0.2, 0.25) is 29.5 Å². The predicted octanol–water partition coefficient (Wildman–Crippen LogP) is 2.85. The lowest BCUT2D eigenvalue weighted by Gasteiger charge is -2.27. The first-order valence-corrected chi connectivity index (χ1v) is 18.9. The smallest absolute Gasteiger partial charge is 0.335 e. The van der Waals surface area contributed by atoms with Crippen molar-refractivity contribution in [3.05, 3.63) is 60.2 Å². The monoisotopic (exact) mass is 784 g/mol. The van der Waals surface area contributed by atoms with Crippen LogP contribution in [0, 0.1) is 0 Å². The third-order valence-electron chi connectivity index (χ3n) is 8.28. The summed E-state index contributed by atoms with van der Waals surface area (Å²) < 4.78 is 0. The molecule has 56 heavy (non-hydrogen) atoms. The summed E-state index contributed by atoms with van der Waals surface area (Å²) in [6.45, 7) is 4.03. The maximum atomic E-state index is 12.7. The summed E-state index contributed by atoms with van der Waals surface area (Å²) in [6.07, 6.45) is 6.03. The van der Waals surface area contributed by atoms with Gasteiger partial charge in [0.05, 0.1) is 11.4 Å². The van der Waals surface area contributed by atoms with Crippen LogP contribution in [0.2, 0.25) is 0 Å². The van der Waals surface area contributed by atoms with Crippen LogP contribution in [0.3, 0.4) is 0 Å². The Balaban J connectivity index is 1.65. The molecule has 0 saturated heterocycles. The van der Waals surface area contributed by atoms with E-state index >= 15 is 0 Å². The lowest BCUT2D eigenvalue weighted by Crippen LogP contribution is -2.49. The van der Waals surface area contributed by atoms with Gasteiger partial charge in [0, 0.05) is 71.2 Å². The van der Waals surface area contributed by atoms with Crippen LogP contribution in [0.4, 0.5) is 4.79 Å². The van der Waals surface area contributed by atoms with E-state index in [1.807, 2.05) is 6.92 Å². The van der Waals surface area contributed by atoms with Gasteiger partial charge in [-0.15, -0.1) is 0 Å². The minimum absolute atomic E-state index is 0.0175. The van der Waals surface area contributed by atoms with Crippen LogP contribution in [0.5, 0.6) is 0 Å². The number of carbonyl (C=O) groups is 6. The molecule has 0 spiro atoms. The van der Waals surface area contributed by atoms with Crippen molar-refractivity contribution in [2.45, 2.75) is 103 Å². The Morgan fingerprint density at radius 1 is 0.696 bits per heavy atom. The zero-order chi connectivity index (χ0) is 41.1. The van der Waals surface area contributed by atoms with Crippen LogP contribution in [0.25, 0.3) is 0 Å². The molecule has 0 radical (unpaired) electrons. The van der Waals surface area contributed by atoms with E-state index in [-0.39, 0.29) is 51.1 Å². The van der Waals surface area contributed by atoms with Gasteiger partial charge < -0.3 is 16.0 Å². The summed E-state index contributed by atoms with van der Waals surface area (Å²) in [5.74, 6) is -2.87. The first kappa shape index (κ1) is 46.6. The molecule has 7 N–H and O–H groups in total. The summed E-state index contributed by atoms with van der Waals surface area (Å²) in [7, 11) is 0. The molecule has 1 atom stereocenters. The van der Waals surface area contributed by atoms with Gasteiger partial charge in [-0.25, -0.2) is 25.4 Å². The van der Waals surface area contributed by atoms with Crippen molar-refractivity contribution in [1.82, 2.24) is 46.5 Å². The molecule has 308 valence electrons. The number of urea groups is 1. The number of nitrogens with zero attached hydrogens (tertiary/aromatic N) is 6. The van der Waals surface area contributed by atoms with Gasteiger partial charge in [-0.3, -0.25) is 49.6 Å². The van der Waals surface area contributed by atoms with Gasteiger partial charge in [0.25, 0.3) is 0 Å². The van der Waals surface area contributed by atoms with E-state index in [1.54, 1.807) is 48.8 Å². The predicted molar refractivity (Wildman–Crippen MR) is 203 cm³/mol. The SMILES string of the molecule is CCCCC(NC(=O)CCC(=O)N(O)CCCCCNC(=O)NN=C(c1ccccn1)c1ccccn1)N(O)C(=O)CCC(=O)NCCCCCN(O)C(C)=O. The molecule has 0 saturated carbocycles. The largest absolute Gasteiger partial charge is 0.356 e. The summed E-state index contributed by atoms with van der Waals surface area (Å²) in [6, 6.07) is 10.1. The van der Waals surface area contributed by atoms with Crippen molar-refractivity contribution in [3.63, 3.8) is 0 Å². The van der Waals surface area contributed by atoms with Crippen LogP contribution in [0.1, 0.15) is 109 Å². The third-order valence-corrected chi connectivity index (χ3v) is 8.28. The Kier molecular flexibility index (Phi) is 22.6. The Hall–Kier alpha value is -5.53. The number of hydrazone groups is 1. The quantitative estimate of drug-likeness (QED) is 0.0240. The molecule has 0 aliphatic rings. The second-order valence-electron chi connectivity index (χ2n) is 12.9. The van der Waals surface area contributed by atoms with E-state index < -0.39 is 35.8 Å². The number of unbranched alkanes of at least 4 members (excludes halogenated alkanes) is 5. The Morgan fingerprint density at radius 2 is 1.27 bits per heavy atom. The molecular weight excluding hydrogens is 728 g/mol. The number of hydrogen-bond acceptors (Lipinski definition) is 12.